The maximum absolute atomic E-state index is 12.1. The molecule has 0 N–H and O–H groups in total. The Bertz CT molecular complexity index is 324. The van der Waals surface area contributed by atoms with Gasteiger partial charge in [-0.1, -0.05) is 0 Å². The number of carbonyl (C=O) groups is 1. The van der Waals surface area contributed by atoms with E-state index in [-0.39, 0.29) is 5.91 Å². The first-order valence-corrected chi connectivity index (χ1v) is 6.44. The lowest BCUT2D eigenvalue weighted by atomic mass is 9.93. The van der Waals surface area contributed by atoms with Crippen LogP contribution in [-0.4, -0.2) is 74.0 Å². The van der Waals surface area contributed by atoms with Gasteiger partial charge < -0.3 is 9.80 Å². The number of rotatable bonds is 4. The van der Waals surface area contributed by atoms with Gasteiger partial charge in [-0.15, -0.1) is 0 Å². The van der Waals surface area contributed by atoms with Gasteiger partial charge in [-0.25, -0.2) is 0 Å². The monoisotopic (exact) mass is 252 g/mol. The van der Waals surface area contributed by atoms with Crippen LogP contribution in [0.5, 0.6) is 0 Å². The summed E-state index contributed by atoms with van der Waals surface area (Å²) in [6.07, 6.45) is 0. The SMILES string of the molecule is CN(C)CCN1CCN(C(=O)C(C)(C)C#N)CC1. The Morgan fingerprint density at radius 3 is 2.28 bits per heavy atom. The van der Waals surface area contributed by atoms with Gasteiger partial charge in [0.25, 0.3) is 0 Å². The third-order valence-corrected chi connectivity index (χ3v) is 3.34. The molecule has 0 spiro atoms. The quantitative estimate of drug-likeness (QED) is 0.719. The molecule has 18 heavy (non-hydrogen) atoms. The van der Waals surface area contributed by atoms with Crippen molar-refractivity contribution in [2.24, 2.45) is 5.41 Å². The molecule has 1 heterocycles. The minimum atomic E-state index is -0.897. The molecule has 0 aromatic rings. The number of piperazine rings is 1. The van der Waals surface area contributed by atoms with Crippen LogP contribution in [-0.2, 0) is 4.79 Å². The smallest absolute Gasteiger partial charge is 0.242 e. The Morgan fingerprint density at radius 1 is 1.28 bits per heavy atom. The molecule has 1 rings (SSSR count). The van der Waals surface area contributed by atoms with E-state index in [4.69, 9.17) is 5.26 Å². The highest BCUT2D eigenvalue weighted by Gasteiger charge is 2.33. The van der Waals surface area contributed by atoms with Gasteiger partial charge in [0.1, 0.15) is 5.41 Å². The highest BCUT2D eigenvalue weighted by Crippen LogP contribution is 2.18. The standard InChI is InChI=1S/C13H24N4O/c1-13(2,11-14)12(18)17-9-7-16(8-10-17)6-5-15(3)4/h5-10H2,1-4H3. The first kappa shape index (κ1) is 14.9. The predicted octanol–water partition coefficient (Wildman–Crippen LogP) is 0.242. The number of nitriles is 1. The third-order valence-electron chi connectivity index (χ3n) is 3.34. The van der Waals surface area contributed by atoms with Crippen LogP contribution in [0, 0.1) is 16.7 Å². The average Bonchev–Trinajstić information content (AvgIpc) is 2.36. The second-order valence-corrected chi connectivity index (χ2v) is 5.67. The van der Waals surface area contributed by atoms with Crippen LogP contribution in [0.3, 0.4) is 0 Å². The summed E-state index contributed by atoms with van der Waals surface area (Å²) in [5.74, 6) is -0.0442. The molecule has 1 aliphatic rings. The topological polar surface area (TPSA) is 50.6 Å². The van der Waals surface area contributed by atoms with Crippen molar-refractivity contribution in [3.63, 3.8) is 0 Å². The fourth-order valence-corrected chi connectivity index (χ4v) is 1.96. The number of hydrogen-bond donors (Lipinski definition) is 0. The number of likely N-dealkylation sites (N-methyl/N-ethyl adjacent to an activating group) is 1. The summed E-state index contributed by atoms with van der Waals surface area (Å²) in [6.45, 7) is 8.73. The molecule has 0 unspecified atom stereocenters. The van der Waals surface area contributed by atoms with Gasteiger partial charge in [0.15, 0.2) is 0 Å². The maximum atomic E-state index is 12.1. The molecule has 0 aromatic carbocycles. The second-order valence-electron chi connectivity index (χ2n) is 5.67. The van der Waals surface area contributed by atoms with E-state index in [2.05, 4.69) is 30.0 Å². The van der Waals surface area contributed by atoms with E-state index in [1.165, 1.54) is 0 Å². The van der Waals surface area contributed by atoms with Crippen LogP contribution >= 0.6 is 0 Å². The van der Waals surface area contributed by atoms with Gasteiger partial charge in [0.2, 0.25) is 5.91 Å². The zero-order chi connectivity index (χ0) is 13.8. The molecule has 5 heteroatoms. The molecule has 1 amide bonds. The van der Waals surface area contributed by atoms with Crippen LogP contribution < -0.4 is 0 Å². The fourth-order valence-electron chi connectivity index (χ4n) is 1.96. The van der Waals surface area contributed by atoms with Crippen LogP contribution in [0.2, 0.25) is 0 Å². The molecular formula is C13H24N4O. The zero-order valence-corrected chi connectivity index (χ0v) is 11.9. The van der Waals surface area contributed by atoms with Gasteiger partial charge in [0.05, 0.1) is 6.07 Å². The lowest BCUT2D eigenvalue weighted by Gasteiger charge is -2.37. The first-order chi connectivity index (χ1) is 8.36. The van der Waals surface area contributed by atoms with Crippen molar-refractivity contribution in [2.75, 3.05) is 53.4 Å². The summed E-state index contributed by atoms with van der Waals surface area (Å²) >= 11 is 0. The molecule has 0 radical (unpaired) electrons. The molecule has 0 saturated carbocycles. The third kappa shape index (κ3) is 3.97. The van der Waals surface area contributed by atoms with Crippen LogP contribution in [0.25, 0.3) is 0 Å². The summed E-state index contributed by atoms with van der Waals surface area (Å²) in [6, 6.07) is 2.08. The van der Waals surface area contributed by atoms with E-state index in [9.17, 15) is 4.79 Å². The molecule has 5 nitrogen and oxygen atoms in total. The summed E-state index contributed by atoms with van der Waals surface area (Å²) in [7, 11) is 4.13. The lowest BCUT2D eigenvalue weighted by Crippen LogP contribution is -2.52. The molecular weight excluding hydrogens is 228 g/mol. The van der Waals surface area contributed by atoms with E-state index in [0.29, 0.717) is 0 Å². The van der Waals surface area contributed by atoms with Gasteiger partial charge in [-0.05, 0) is 27.9 Å². The van der Waals surface area contributed by atoms with Crippen LogP contribution in [0.1, 0.15) is 13.8 Å². The molecule has 1 saturated heterocycles. The van der Waals surface area contributed by atoms with Crippen LogP contribution in [0.15, 0.2) is 0 Å². The molecule has 0 bridgehead atoms. The van der Waals surface area contributed by atoms with Crippen molar-refractivity contribution in [3.8, 4) is 6.07 Å². The molecule has 1 fully saturated rings. The molecule has 102 valence electrons. The number of amides is 1. The summed E-state index contributed by atoms with van der Waals surface area (Å²) in [4.78, 5) is 18.4. The predicted molar refractivity (Wildman–Crippen MR) is 71.0 cm³/mol. The summed E-state index contributed by atoms with van der Waals surface area (Å²) in [5, 5.41) is 8.98. The highest BCUT2D eigenvalue weighted by molar-refractivity contribution is 5.84. The van der Waals surface area contributed by atoms with Crippen molar-refractivity contribution >= 4 is 5.91 Å². The molecule has 0 aromatic heterocycles. The minimum Gasteiger partial charge on any atom is -0.339 e. The van der Waals surface area contributed by atoms with E-state index in [1.807, 2.05) is 4.90 Å². The molecule has 0 aliphatic carbocycles. The summed E-state index contributed by atoms with van der Waals surface area (Å²) in [5.41, 5.74) is -0.897. The Labute approximate surface area is 110 Å². The van der Waals surface area contributed by atoms with E-state index < -0.39 is 5.41 Å². The molecule has 0 atom stereocenters. The largest absolute Gasteiger partial charge is 0.339 e. The number of hydrogen-bond acceptors (Lipinski definition) is 4. The normalized spacial score (nSPS) is 17.9. The van der Waals surface area contributed by atoms with Gasteiger partial charge in [-0.2, -0.15) is 5.26 Å². The van der Waals surface area contributed by atoms with Gasteiger partial charge >= 0.3 is 0 Å². The number of carbonyl (C=O) groups excluding carboxylic acids is 1. The van der Waals surface area contributed by atoms with E-state index >= 15 is 0 Å². The minimum absolute atomic E-state index is 0.0442. The van der Waals surface area contributed by atoms with Gasteiger partial charge in [-0.3, -0.25) is 9.69 Å². The highest BCUT2D eigenvalue weighted by atomic mass is 16.2. The first-order valence-electron chi connectivity index (χ1n) is 6.44. The Kier molecular flexibility index (Phi) is 5.12. The van der Waals surface area contributed by atoms with Crippen molar-refractivity contribution in [2.45, 2.75) is 13.8 Å². The van der Waals surface area contributed by atoms with Crippen LogP contribution in [0.4, 0.5) is 0 Å². The Morgan fingerprint density at radius 2 is 1.83 bits per heavy atom. The van der Waals surface area contributed by atoms with Crippen molar-refractivity contribution in [1.29, 1.82) is 5.26 Å². The molecule has 1 aliphatic heterocycles. The summed E-state index contributed by atoms with van der Waals surface area (Å²) < 4.78 is 0. The average molecular weight is 252 g/mol. The lowest BCUT2D eigenvalue weighted by molar-refractivity contribution is -0.139. The van der Waals surface area contributed by atoms with Gasteiger partial charge in [0, 0.05) is 39.3 Å². The van der Waals surface area contributed by atoms with E-state index in [1.54, 1.807) is 13.8 Å². The number of nitrogens with zero attached hydrogens (tertiary/aromatic N) is 4. The maximum Gasteiger partial charge on any atom is 0.242 e. The van der Waals surface area contributed by atoms with Crippen molar-refractivity contribution < 1.29 is 4.79 Å². The Hall–Kier alpha value is -1.12. The van der Waals surface area contributed by atoms with E-state index in [0.717, 1.165) is 39.3 Å². The van der Waals surface area contributed by atoms with Crippen molar-refractivity contribution in [3.05, 3.63) is 0 Å². The van der Waals surface area contributed by atoms with Crippen molar-refractivity contribution in [1.82, 2.24) is 14.7 Å². The second kappa shape index (κ2) is 6.17. The fraction of sp³-hybridized carbons (Fsp3) is 0.846. The zero-order valence-electron chi connectivity index (χ0n) is 11.9. The Balaban J connectivity index is 2.40.